The van der Waals surface area contributed by atoms with Crippen molar-refractivity contribution < 1.29 is 5.11 Å². The topological polar surface area (TPSA) is 46.2 Å². The molecule has 0 radical (unpaired) electrons. The minimum Gasteiger partial charge on any atom is -0.398 e. The summed E-state index contributed by atoms with van der Waals surface area (Å²) in [5, 5.41) is 10.3. The molecule has 0 aliphatic rings. The smallest absolute Gasteiger partial charge is 0.106 e. The summed E-state index contributed by atoms with van der Waals surface area (Å²) < 4.78 is 0.910. The van der Waals surface area contributed by atoms with E-state index in [1.807, 2.05) is 43.3 Å². The standard InChI is InChI=1S/C14H14BrNO/c1-9-2-4-10(5-3-9)14(17)12-8-11(15)6-7-13(12)16/h2-8,14,17H,16H2,1H3. The fourth-order valence-corrected chi connectivity index (χ4v) is 2.09. The molecule has 88 valence electrons. The number of hydrogen-bond donors (Lipinski definition) is 2. The van der Waals surface area contributed by atoms with Gasteiger partial charge in [-0.25, -0.2) is 0 Å². The van der Waals surface area contributed by atoms with Gasteiger partial charge in [0.2, 0.25) is 0 Å². The lowest BCUT2D eigenvalue weighted by molar-refractivity contribution is 0.221. The van der Waals surface area contributed by atoms with Crippen molar-refractivity contribution in [2.45, 2.75) is 13.0 Å². The Hall–Kier alpha value is -1.32. The highest BCUT2D eigenvalue weighted by Crippen LogP contribution is 2.29. The fourth-order valence-electron chi connectivity index (χ4n) is 1.71. The Morgan fingerprint density at radius 3 is 2.41 bits per heavy atom. The number of aliphatic hydroxyl groups is 1. The number of hydrogen-bond acceptors (Lipinski definition) is 2. The zero-order valence-corrected chi connectivity index (χ0v) is 11.1. The van der Waals surface area contributed by atoms with Crippen LogP contribution in [0, 0.1) is 6.92 Å². The lowest BCUT2D eigenvalue weighted by Crippen LogP contribution is -2.03. The first-order valence-electron chi connectivity index (χ1n) is 5.37. The Kier molecular flexibility index (Phi) is 3.50. The molecule has 3 N–H and O–H groups in total. The van der Waals surface area contributed by atoms with Crippen LogP contribution < -0.4 is 5.73 Å². The average molecular weight is 292 g/mol. The molecule has 0 amide bonds. The van der Waals surface area contributed by atoms with Crippen molar-refractivity contribution in [1.29, 1.82) is 0 Å². The predicted octanol–water partition coefficient (Wildman–Crippen LogP) is 3.42. The molecule has 0 aliphatic heterocycles. The predicted molar refractivity (Wildman–Crippen MR) is 73.8 cm³/mol. The molecule has 2 rings (SSSR count). The molecule has 0 aromatic heterocycles. The summed E-state index contributed by atoms with van der Waals surface area (Å²) in [4.78, 5) is 0. The molecular weight excluding hydrogens is 278 g/mol. The molecule has 2 aromatic rings. The molecule has 0 bridgehead atoms. The zero-order chi connectivity index (χ0) is 12.4. The van der Waals surface area contributed by atoms with Gasteiger partial charge in [0, 0.05) is 15.7 Å². The maximum atomic E-state index is 10.3. The highest BCUT2D eigenvalue weighted by Gasteiger charge is 2.13. The SMILES string of the molecule is Cc1ccc(C(O)c2cc(Br)ccc2N)cc1. The number of nitrogen functional groups attached to an aromatic ring is 1. The molecular formula is C14H14BrNO. The van der Waals surface area contributed by atoms with E-state index in [1.165, 1.54) is 5.56 Å². The molecule has 0 heterocycles. The number of aryl methyl sites for hydroxylation is 1. The van der Waals surface area contributed by atoms with E-state index >= 15 is 0 Å². The van der Waals surface area contributed by atoms with E-state index < -0.39 is 6.10 Å². The number of anilines is 1. The van der Waals surface area contributed by atoms with E-state index in [2.05, 4.69) is 15.9 Å². The van der Waals surface area contributed by atoms with Gasteiger partial charge < -0.3 is 10.8 Å². The Labute approximate surface area is 109 Å². The highest BCUT2D eigenvalue weighted by atomic mass is 79.9. The summed E-state index contributed by atoms with van der Waals surface area (Å²) in [5.74, 6) is 0. The first kappa shape index (κ1) is 12.1. The van der Waals surface area contributed by atoms with Gasteiger partial charge in [-0.1, -0.05) is 45.8 Å². The van der Waals surface area contributed by atoms with E-state index in [0.29, 0.717) is 5.69 Å². The summed E-state index contributed by atoms with van der Waals surface area (Å²) in [6.07, 6.45) is -0.687. The third kappa shape index (κ3) is 2.68. The summed E-state index contributed by atoms with van der Waals surface area (Å²) >= 11 is 3.38. The normalized spacial score (nSPS) is 12.4. The van der Waals surface area contributed by atoms with Crippen LogP contribution in [0.3, 0.4) is 0 Å². The Morgan fingerprint density at radius 2 is 1.76 bits per heavy atom. The van der Waals surface area contributed by atoms with Crippen LogP contribution in [-0.4, -0.2) is 5.11 Å². The van der Waals surface area contributed by atoms with Crippen molar-refractivity contribution in [3.05, 3.63) is 63.6 Å². The Bertz CT molecular complexity index is 522. The molecule has 0 spiro atoms. The molecule has 0 saturated carbocycles. The summed E-state index contributed by atoms with van der Waals surface area (Å²) in [7, 11) is 0. The quantitative estimate of drug-likeness (QED) is 0.833. The number of rotatable bonds is 2. The van der Waals surface area contributed by atoms with E-state index in [9.17, 15) is 5.11 Å². The second-order valence-corrected chi connectivity index (χ2v) is 5.00. The lowest BCUT2D eigenvalue weighted by atomic mass is 9.99. The second-order valence-electron chi connectivity index (χ2n) is 4.09. The van der Waals surface area contributed by atoms with Crippen molar-refractivity contribution in [3.8, 4) is 0 Å². The molecule has 17 heavy (non-hydrogen) atoms. The monoisotopic (exact) mass is 291 g/mol. The molecule has 3 heteroatoms. The molecule has 1 unspecified atom stereocenters. The van der Waals surface area contributed by atoms with Crippen LogP contribution in [0.15, 0.2) is 46.9 Å². The first-order chi connectivity index (χ1) is 8.08. The van der Waals surface area contributed by atoms with Crippen LogP contribution in [0.25, 0.3) is 0 Å². The third-order valence-corrected chi connectivity index (χ3v) is 3.23. The lowest BCUT2D eigenvalue weighted by Gasteiger charge is -2.14. The molecule has 0 fully saturated rings. The first-order valence-corrected chi connectivity index (χ1v) is 6.17. The van der Waals surface area contributed by atoms with E-state index in [4.69, 9.17) is 5.73 Å². The van der Waals surface area contributed by atoms with Gasteiger partial charge in [-0.05, 0) is 30.7 Å². The van der Waals surface area contributed by atoms with Gasteiger partial charge in [0.1, 0.15) is 6.10 Å². The van der Waals surface area contributed by atoms with Crippen LogP contribution in [0.4, 0.5) is 5.69 Å². The van der Waals surface area contributed by atoms with Crippen LogP contribution in [0.2, 0.25) is 0 Å². The maximum Gasteiger partial charge on any atom is 0.106 e. The van der Waals surface area contributed by atoms with Crippen molar-refractivity contribution in [2.24, 2.45) is 0 Å². The third-order valence-electron chi connectivity index (χ3n) is 2.74. The van der Waals surface area contributed by atoms with Gasteiger partial charge >= 0.3 is 0 Å². The van der Waals surface area contributed by atoms with E-state index in [-0.39, 0.29) is 0 Å². The van der Waals surface area contributed by atoms with Crippen LogP contribution >= 0.6 is 15.9 Å². The highest BCUT2D eigenvalue weighted by molar-refractivity contribution is 9.10. The minimum absolute atomic E-state index is 0.598. The van der Waals surface area contributed by atoms with Gasteiger partial charge in [0.15, 0.2) is 0 Å². The van der Waals surface area contributed by atoms with Crippen LogP contribution in [0.5, 0.6) is 0 Å². The zero-order valence-electron chi connectivity index (χ0n) is 9.52. The van der Waals surface area contributed by atoms with Gasteiger partial charge in [0.05, 0.1) is 0 Å². The summed E-state index contributed by atoms with van der Waals surface area (Å²) in [6, 6.07) is 13.3. The fraction of sp³-hybridized carbons (Fsp3) is 0.143. The molecule has 0 aliphatic carbocycles. The largest absolute Gasteiger partial charge is 0.398 e. The van der Waals surface area contributed by atoms with Crippen molar-refractivity contribution in [3.63, 3.8) is 0 Å². The number of aliphatic hydroxyl groups excluding tert-OH is 1. The van der Waals surface area contributed by atoms with Crippen LogP contribution in [0.1, 0.15) is 22.8 Å². The van der Waals surface area contributed by atoms with Gasteiger partial charge in [-0.3, -0.25) is 0 Å². The number of nitrogens with two attached hydrogens (primary N) is 1. The molecule has 2 aromatic carbocycles. The maximum absolute atomic E-state index is 10.3. The second kappa shape index (κ2) is 4.90. The van der Waals surface area contributed by atoms with Crippen molar-refractivity contribution in [1.82, 2.24) is 0 Å². The van der Waals surface area contributed by atoms with Crippen molar-refractivity contribution >= 4 is 21.6 Å². The molecule has 0 saturated heterocycles. The van der Waals surface area contributed by atoms with Gasteiger partial charge in [-0.15, -0.1) is 0 Å². The van der Waals surface area contributed by atoms with Crippen LogP contribution in [-0.2, 0) is 0 Å². The van der Waals surface area contributed by atoms with Crippen molar-refractivity contribution in [2.75, 3.05) is 5.73 Å². The molecule has 1 atom stereocenters. The van der Waals surface area contributed by atoms with Gasteiger partial charge in [-0.2, -0.15) is 0 Å². The number of halogens is 1. The summed E-state index contributed by atoms with van der Waals surface area (Å²) in [6.45, 7) is 2.02. The van der Waals surface area contributed by atoms with E-state index in [0.717, 1.165) is 15.6 Å². The minimum atomic E-state index is -0.687. The molecule has 2 nitrogen and oxygen atoms in total. The number of benzene rings is 2. The van der Waals surface area contributed by atoms with E-state index in [1.54, 1.807) is 6.07 Å². The Morgan fingerprint density at radius 1 is 1.12 bits per heavy atom. The average Bonchev–Trinajstić information content (AvgIpc) is 2.32. The van der Waals surface area contributed by atoms with Gasteiger partial charge in [0.25, 0.3) is 0 Å². The Balaban J connectivity index is 2.39. The summed E-state index contributed by atoms with van der Waals surface area (Å²) in [5.41, 5.74) is 9.22.